The van der Waals surface area contributed by atoms with Gasteiger partial charge < -0.3 is 14.4 Å². The van der Waals surface area contributed by atoms with E-state index in [1.807, 2.05) is 25.1 Å². The molecule has 0 radical (unpaired) electrons. The van der Waals surface area contributed by atoms with Crippen LogP contribution in [0.15, 0.2) is 24.3 Å². The van der Waals surface area contributed by atoms with E-state index in [0.29, 0.717) is 6.61 Å². The van der Waals surface area contributed by atoms with Crippen LogP contribution in [0, 0.1) is 12.8 Å². The predicted octanol–water partition coefficient (Wildman–Crippen LogP) is 3.33. The Kier molecular flexibility index (Phi) is 4.88. The number of esters is 1. The number of piperidine rings is 1. The van der Waals surface area contributed by atoms with Crippen LogP contribution in [0.1, 0.15) is 25.3 Å². The van der Waals surface area contributed by atoms with Gasteiger partial charge in [-0.05, 0) is 56.5 Å². The van der Waals surface area contributed by atoms with Gasteiger partial charge in [0.15, 0.2) is 0 Å². The minimum absolute atomic E-state index is 0.0204. The first-order valence-corrected chi connectivity index (χ1v) is 8.49. The smallest absolute Gasteiger partial charge is 0.309 e. The fourth-order valence-electron chi connectivity index (χ4n) is 3.25. The van der Waals surface area contributed by atoms with Crippen LogP contribution >= 0.6 is 0 Å². The van der Waals surface area contributed by atoms with E-state index in [4.69, 9.17) is 14.5 Å². The molecule has 0 saturated carbocycles. The highest BCUT2D eigenvalue weighted by Gasteiger charge is 2.26. The summed E-state index contributed by atoms with van der Waals surface area (Å²) >= 11 is 0. The van der Waals surface area contributed by atoms with Crippen LogP contribution in [0.2, 0.25) is 0 Å². The molecule has 1 aliphatic rings. The average Bonchev–Trinajstić information content (AvgIpc) is 2.61. The van der Waals surface area contributed by atoms with E-state index in [0.717, 1.165) is 48.4 Å². The Morgan fingerprint density at radius 2 is 2.04 bits per heavy atom. The van der Waals surface area contributed by atoms with E-state index in [-0.39, 0.29) is 11.9 Å². The average molecular weight is 328 g/mol. The van der Waals surface area contributed by atoms with Crippen LogP contribution in [0.4, 0.5) is 5.82 Å². The molecular formula is C19H24N2O3. The zero-order valence-electron chi connectivity index (χ0n) is 14.5. The Morgan fingerprint density at radius 3 is 2.71 bits per heavy atom. The third-order valence-corrected chi connectivity index (χ3v) is 4.65. The highest BCUT2D eigenvalue weighted by Crippen LogP contribution is 2.28. The maximum absolute atomic E-state index is 11.9. The van der Waals surface area contributed by atoms with Gasteiger partial charge >= 0.3 is 5.97 Å². The van der Waals surface area contributed by atoms with Gasteiger partial charge in [-0.1, -0.05) is 0 Å². The molecule has 1 aromatic heterocycles. The number of rotatable bonds is 4. The monoisotopic (exact) mass is 328 g/mol. The number of aromatic nitrogens is 1. The van der Waals surface area contributed by atoms with Crippen molar-refractivity contribution in [1.82, 2.24) is 4.98 Å². The normalized spacial score (nSPS) is 15.5. The molecule has 0 aliphatic carbocycles. The molecule has 0 spiro atoms. The van der Waals surface area contributed by atoms with Crippen molar-refractivity contribution in [3.05, 3.63) is 29.8 Å². The van der Waals surface area contributed by atoms with Crippen molar-refractivity contribution in [2.75, 3.05) is 31.7 Å². The highest BCUT2D eigenvalue weighted by molar-refractivity contribution is 5.85. The maximum atomic E-state index is 11.9. The molecule has 0 atom stereocenters. The van der Waals surface area contributed by atoms with Gasteiger partial charge in [-0.3, -0.25) is 4.79 Å². The SMILES string of the molecule is CCOC(=O)C1CCN(c2cc(C)c3cc(OC)ccc3n2)CC1. The first kappa shape index (κ1) is 16.6. The summed E-state index contributed by atoms with van der Waals surface area (Å²) in [6.07, 6.45) is 1.64. The Bertz CT molecular complexity index is 737. The largest absolute Gasteiger partial charge is 0.497 e. The van der Waals surface area contributed by atoms with Crippen LogP contribution in [0.3, 0.4) is 0 Å². The molecule has 3 rings (SSSR count). The predicted molar refractivity (Wildman–Crippen MR) is 94.6 cm³/mol. The van der Waals surface area contributed by atoms with Gasteiger partial charge in [0.25, 0.3) is 0 Å². The Morgan fingerprint density at radius 1 is 1.29 bits per heavy atom. The lowest BCUT2D eigenvalue weighted by molar-refractivity contribution is -0.148. The molecule has 0 unspecified atom stereocenters. The van der Waals surface area contributed by atoms with Crippen molar-refractivity contribution >= 4 is 22.7 Å². The van der Waals surface area contributed by atoms with Gasteiger partial charge in [0, 0.05) is 18.5 Å². The van der Waals surface area contributed by atoms with E-state index in [2.05, 4.69) is 17.9 Å². The number of pyridine rings is 1. The zero-order valence-corrected chi connectivity index (χ0v) is 14.5. The third kappa shape index (κ3) is 3.30. The first-order valence-electron chi connectivity index (χ1n) is 8.49. The number of anilines is 1. The topological polar surface area (TPSA) is 51.7 Å². The molecule has 1 fully saturated rings. The summed E-state index contributed by atoms with van der Waals surface area (Å²) in [5.41, 5.74) is 2.15. The Hall–Kier alpha value is -2.30. The summed E-state index contributed by atoms with van der Waals surface area (Å²) in [5.74, 6) is 1.78. The molecule has 0 N–H and O–H groups in total. The number of aryl methyl sites for hydroxylation is 1. The molecule has 24 heavy (non-hydrogen) atoms. The Balaban J connectivity index is 1.77. The number of carbonyl (C=O) groups excluding carboxylic acids is 1. The lowest BCUT2D eigenvalue weighted by Gasteiger charge is -2.32. The van der Waals surface area contributed by atoms with E-state index in [1.54, 1.807) is 7.11 Å². The summed E-state index contributed by atoms with van der Waals surface area (Å²) in [7, 11) is 1.67. The van der Waals surface area contributed by atoms with Crippen LogP contribution in [0.5, 0.6) is 5.75 Å². The van der Waals surface area contributed by atoms with Gasteiger partial charge in [0.1, 0.15) is 11.6 Å². The van der Waals surface area contributed by atoms with E-state index < -0.39 is 0 Å². The van der Waals surface area contributed by atoms with Crippen LogP contribution in [-0.2, 0) is 9.53 Å². The van der Waals surface area contributed by atoms with Gasteiger partial charge in [-0.2, -0.15) is 0 Å². The van der Waals surface area contributed by atoms with E-state index in [1.165, 1.54) is 5.56 Å². The van der Waals surface area contributed by atoms with Gasteiger partial charge in [-0.25, -0.2) is 4.98 Å². The summed E-state index contributed by atoms with van der Waals surface area (Å²) < 4.78 is 10.4. The molecule has 0 amide bonds. The molecule has 1 aromatic carbocycles. The summed E-state index contributed by atoms with van der Waals surface area (Å²) in [5, 5.41) is 1.11. The third-order valence-electron chi connectivity index (χ3n) is 4.65. The molecule has 128 valence electrons. The second kappa shape index (κ2) is 7.07. The van der Waals surface area contributed by atoms with Gasteiger partial charge in [0.05, 0.1) is 25.2 Å². The minimum atomic E-state index is -0.0631. The number of carbonyl (C=O) groups is 1. The molecule has 1 aliphatic heterocycles. The van der Waals surface area contributed by atoms with Crippen molar-refractivity contribution < 1.29 is 14.3 Å². The molecule has 2 aromatic rings. The summed E-state index contributed by atoms with van der Waals surface area (Å²) in [6, 6.07) is 8.07. The van der Waals surface area contributed by atoms with Gasteiger partial charge in [-0.15, -0.1) is 0 Å². The van der Waals surface area contributed by atoms with Crippen molar-refractivity contribution in [3.8, 4) is 5.75 Å². The lowest BCUT2D eigenvalue weighted by Crippen LogP contribution is -2.37. The second-order valence-corrected chi connectivity index (χ2v) is 6.19. The number of benzene rings is 1. The zero-order chi connectivity index (χ0) is 17.1. The fourth-order valence-corrected chi connectivity index (χ4v) is 3.25. The first-order chi connectivity index (χ1) is 11.6. The molecule has 5 nitrogen and oxygen atoms in total. The number of ether oxygens (including phenoxy) is 2. The molecule has 1 saturated heterocycles. The molecule has 2 heterocycles. The quantitative estimate of drug-likeness (QED) is 0.806. The highest BCUT2D eigenvalue weighted by atomic mass is 16.5. The number of nitrogens with zero attached hydrogens (tertiary/aromatic N) is 2. The van der Waals surface area contributed by atoms with E-state index in [9.17, 15) is 4.79 Å². The van der Waals surface area contributed by atoms with Crippen molar-refractivity contribution in [2.45, 2.75) is 26.7 Å². The fraction of sp³-hybridized carbons (Fsp3) is 0.474. The standard InChI is InChI=1S/C19H24N2O3/c1-4-24-19(22)14-7-9-21(10-8-14)18-11-13(2)16-12-15(23-3)5-6-17(16)20-18/h5-6,11-12,14H,4,7-10H2,1-3H3. The minimum Gasteiger partial charge on any atom is -0.497 e. The maximum Gasteiger partial charge on any atom is 0.309 e. The number of hydrogen-bond acceptors (Lipinski definition) is 5. The Labute approximate surface area is 142 Å². The number of methoxy groups -OCH3 is 1. The molecule has 0 bridgehead atoms. The van der Waals surface area contributed by atoms with E-state index >= 15 is 0 Å². The number of hydrogen-bond donors (Lipinski definition) is 0. The molecule has 5 heteroatoms. The van der Waals surface area contributed by atoms with Crippen LogP contribution in [-0.4, -0.2) is 37.8 Å². The van der Waals surface area contributed by atoms with Crippen molar-refractivity contribution in [2.24, 2.45) is 5.92 Å². The van der Waals surface area contributed by atoms with Gasteiger partial charge in [0.2, 0.25) is 0 Å². The lowest BCUT2D eigenvalue weighted by atomic mass is 9.97. The summed E-state index contributed by atoms with van der Waals surface area (Å²) in [6.45, 7) is 6.06. The number of fused-ring (bicyclic) bond motifs is 1. The second-order valence-electron chi connectivity index (χ2n) is 6.19. The van der Waals surface area contributed by atoms with Crippen LogP contribution < -0.4 is 9.64 Å². The molecular weight excluding hydrogens is 304 g/mol. The summed E-state index contributed by atoms with van der Waals surface area (Å²) in [4.78, 5) is 18.9. The van der Waals surface area contributed by atoms with Crippen molar-refractivity contribution in [3.63, 3.8) is 0 Å². The van der Waals surface area contributed by atoms with Crippen molar-refractivity contribution in [1.29, 1.82) is 0 Å². The van der Waals surface area contributed by atoms with Crippen LogP contribution in [0.25, 0.3) is 10.9 Å².